The zero-order chi connectivity index (χ0) is 19.9. The summed E-state index contributed by atoms with van der Waals surface area (Å²) in [6.45, 7) is 1.09. The molecule has 7 N–H and O–H groups in total. The molecule has 1 fully saturated rings. The number of nitrogens with one attached hydrogen (secondary N) is 3. The van der Waals surface area contributed by atoms with E-state index in [-0.39, 0.29) is 17.4 Å². The van der Waals surface area contributed by atoms with E-state index in [1.165, 1.54) is 6.20 Å². The maximum absolute atomic E-state index is 11.8. The van der Waals surface area contributed by atoms with Crippen molar-refractivity contribution in [2.45, 2.75) is 25.7 Å². The highest BCUT2D eigenvalue weighted by Gasteiger charge is 2.24. The second-order valence-corrected chi connectivity index (χ2v) is 6.77. The third-order valence-corrected chi connectivity index (χ3v) is 4.62. The van der Waals surface area contributed by atoms with Crippen LogP contribution < -0.4 is 27.4 Å². The molecule has 28 heavy (non-hydrogen) atoms. The van der Waals surface area contributed by atoms with Crippen LogP contribution in [0.1, 0.15) is 36.0 Å². The predicted molar refractivity (Wildman–Crippen MR) is 108 cm³/mol. The largest absolute Gasteiger partial charge is 0.399 e. The van der Waals surface area contributed by atoms with Crippen LogP contribution in [0.3, 0.4) is 0 Å². The van der Waals surface area contributed by atoms with Gasteiger partial charge in [0, 0.05) is 36.6 Å². The van der Waals surface area contributed by atoms with Gasteiger partial charge in [-0.15, -0.1) is 0 Å². The maximum atomic E-state index is 11.8. The van der Waals surface area contributed by atoms with Crippen molar-refractivity contribution < 1.29 is 9.59 Å². The van der Waals surface area contributed by atoms with E-state index in [1.807, 2.05) is 12.1 Å². The molecule has 1 saturated carbocycles. The van der Waals surface area contributed by atoms with Gasteiger partial charge in [0.2, 0.25) is 11.9 Å². The van der Waals surface area contributed by atoms with Crippen molar-refractivity contribution in [2.24, 2.45) is 11.7 Å². The van der Waals surface area contributed by atoms with Crippen LogP contribution >= 0.6 is 0 Å². The number of primary amides is 1. The Morgan fingerprint density at radius 1 is 1.21 bits per heavy atom. The van der Waals surface area contributed by atoms with Gasteiger partial charge in [0.1, 0.15) is 5.82 Å². The Balaban J connectivity index is 1.56. The molecule has 0 unspecified atom stereocenters. The normalized spacial score (nSPS) is 13.4. The molecule has 0 aliphatic heterocycles. The van der Waals surface area contributed by atoms with E-state index < -0.39 is 5.91 Å². The lowest BCUT2D eigenvalue weighted by atomic mass is 9.85. The molecule has 9 heteroatoms. The summed E-state index contributed by atoms with van der Waals surface area (Å²) in [5.74, 6) is 0.351. The fraction of sp³-hybridized carbons (Fsp3) is 0.368. The average molecular weight is 383 g/mol. The van der Waals surface area contributed by atoms with E-state index in [9.17, 15) is 9.59 Å². The summed E-state index contributed by atoms with van der Waals surface area (Å²) in [5, 5.41) is 9.07. The van der Waals surface area contributed by atoms with Crippen molar-refractivity contribution in [3.63, 3.8) is 0 Å². The van der Waals surface area contributed by atoms with Gasteiger partial charge in [0.15, 0.2) is 0 Å². The first-order valence-corrected chi connectivity index (χ1v) is 9.34. The first kappa shape index (κ1) is 19.4. The highest BCUT2D eigenvalue weighted by Crippen LogP contribution is 2.26. The van der Waals surface area contributed by atoms with Crippen LogP contribution in [0.2, 0.25) is 0 Å². The Kier molecular flexibility index (Phi) is 6.25. The van der Waals surface area contributed by atoms with Gasteiger partial charge >= 0.3 is 0 Å². The number of nitrogens with two attached hydrogens (primary N) is 2. The Bertz CT molecular complexity index is 852. The molecular formula is C19H25N7O2. The van der Waals surface area contributed by atoms with Crippen LogP contribution in [0, 0.1) is 5.92 Å². The Morgan fingerprint density at radius 3 is 2.71 bits per heavy atom. The number of nitrogen functional groups attached to an aromatic ring is 1. The van der Waals surface area contributed by atoms with Gasteiger partial charge in [0.25, 0.3) is 5.91 Å². The molecule has 1 aromatic carbocycles. The SMILES string of the molecule is NC(=O)c1cnc(Nc2cccc(N)c2)nc1NCCCNC(=O)C1CCC1. The molecule has 0 spiro atoms. The topological polar surface area (TPSA) is 148 Å². The summed E-state index contributed by atoms with van der Waals surface area (Å²) < 4.78 is 0. The average Bonchev–Trinajstić information content (AvgIpc) is 2.60. The second kappa shape index (κ2) is 9.03. The molecule has 0 atom stereocenters. The lowest BCUT2D eigenvalue weighted by Crippen LogP contribution is -2.35. The number of hydrogen-bond acceptors (Lipinski definition) is 7. The molecule has 1 heterocycles. The molecular weight excluding hydrogens is 358 g/mol. The van der Waals surface area contributed by atoms with Crippen molar-refractivity contribution in [3.8, 4) is 0 Å². The Labute approximate surface area is 163 Å². The second-order valence-electron chi connectivity index (χ2n) is 6.77. The van der Waals surface area contributed by atoms with Crippen LogP contribution in [0.4, 0.5) is 23.1 Å². The van der Waals surface area contributed by atoms with E-state index in [0.29, 0.717) is 37.0 Å². The molecule has 0 saturated heterocycles. The molecule has 1 aliphatic carbocycles. The molecule has 9 nitrogen and oxygen atoms in total. The summed E-state index contributed by atoms with van der Waals surface area (Å²) in [4.78, 5) is 31.9. The molecule has 2 amide bonds. The zero-order valence-corrected chi connectivity index (χ0v) is 15.6. The zero-order valence-electron chi connectivity index (χ0n) is 15.6. The van der Waals surface area contributed by atoms with E-state index in [0.717, 1.165) is 24.9 Å². The summed E-state index contributed by atoms with van der Waals surface area (Å²) in [7, 11) is 0. The summed E-state index contributed by atoms with van der Waals surface area (Å²) in [6, 6.07) is 7.17. The summed E-state index contributed by atoms with van der Waals surface area (Å²) >= 11 is 0. The fourth-order valence-electron chi connectivity index (χ4n) is 2.82. The smallest absolute Gasteiger partial charge is 0.254 e. The lowest BCUT2D eigenvalue weighted by molar-refractivity contribution is -0.127. The van der Waals surface area contributed by atoms with Gasteiger partial charge in [-0.3, -0.25) is 9.59 Å². The summed E-state index contributed by atoms with van der Waals surface area (Å²) in [5.41, 5.74) is 12.7. The lowest BCUT2D eigenvalue weighted by Gasteiger charge is -2.24. The third kappa shape index (κ3) is 5.09. The van der Waals surface area contributed by atoms with Crippen molar-refractivity contribution in [1.29, 1.82) is 0 Å². The van der Waals surface area contributed by atoms with Crippen molar-refractivity contribution in [3.05, 3.63) is 36.0 Å². The molecule has 148 valence electrons. The first-order chi connectivity index (χ1) is 13.5. The predicted octanol–water partition coefficient (Wildman–Crippen LogP) is 1.62. The van der Waals surface area contributed by atoms with Gasteiger partial charge < -0.3 is 27.4 Å². The van der Waals surface area contributed by atoms with Crippen LogP contribution in [0.15, 0.2) is 30.5 Å². The number of benzene rings is 1. The van der Waals surface area contributed by atoms with E-state index >= 15 is 0 Å². The first-order valence-electron chi connectivity index (χ1n) is 9.34. The fourth-order valence-corrected chi connectivity index (χ4v) is 2.82. The Morgan fingerprint density at radius 2 is 2.04 bits per heavy atom. The minimum Gasteiger partial charge on any atom is -0.399 e. The highest BCUT2D eigenvalue weighted by molar-refractivity contribution is 5.97. The third-order valence-electron chi connectivity index (χ3n) is 4.62. The molecule has 0 radical (unpaired) electrons. The van der Waals surface area contributed by atoms with Gasteiger partial charge in [-0.2, -0.15) is 4.98 Å². The standard InChI is InChI=1S/C19H25N7O2/c20-13-6-2-7-14(10-13)25-19-24-11-15(16(21)27)17(26-19)22-8-3-9-23-18(28)12-4-1-5-12/h2,6-7,10-12H,1,3-5,8-9,20H2,(H2,21,27)(H,23,28)(H2,22,24,25,26). The van der Waals surface area contributed by atoms with Crippen molar-refractivity contribution in [1.82, 2.24) is 15.3 Å². The molecule has 2 aromatic rings. The molecule has 0 bridgehead atoms. The molecule has 1 aromatic heterocycles. The number of anilines is 4. The maximum Gasteiger partial charge on any atom is 0.254 e. The van der Waals surface area contributed by atoms with Crippen LogP contribution in [0.25, 0.3) is 0 Å². The number of carbonyl (C=O) groups is 2. The van der Waals surface area contributed by atoms with E-state index in [2.05, 4.69) is 25.9 Å². The molecule has 1 aliphatic rings. The number of hydrogen-bond donors (Lipinski definition) is 5. The number of rotatable bonds is 9. The summed E-state index contributed by atoms with van der Waals surface area (Å²) in [6.07, 6.45) is 5.17. The van der Waals surface area contributed by atoms with Gasteiger partial charge in [-0.05, 0) is 37.5 Å². The quantitative estimate of drug-likeness (QED) is 0.326. The molecule has 3 rings (SSSR count). The van der Waals surface area contributed by atoms with Crippen molar-refractivity contribution in [2.75, 3.05) is 29.5 Å². The number of aromatic nitrogens is 2. The van der Waals surface area contributed by atoms with E-state index in [1.54, 1.807) is 12.1 Å². The highest BCUT2D eigenvalue weighted by atomic mass is 16.2. The van der Waals surface area contributed by atoms with Crippen LogP contribution in [-0.4, -0.2) is 34.9 Å². The minimum atomic E-state index is -0.615. The number of amides is 2. The monoisotopic (exact) mass is 383 g/mol. The van der Waals surface area contributed by atoms with Crippen molar-refractivity contribution >= 4 is 35.0 Å². The van der Waals surface area contributed by atoms with E-state index in [4.69, 9.17) is 11.5 Å². The number of nitrogens with zero attached hydrogens (tertiary/aromatic N) is 2. The van der Waals surface area contributed by atoms with Gasteiger partial charge in [-0.1, -0.05) is 12.5 Å². The van der Waals surface area contributed by atoms with Gasteiger partial charge in [0.05, 0.1) is 5.56 Å². The van der Waals surface area contributed by atoms with Crippen LogP contribution in [-0.2, 0) is 4.79 Å². The van der Waals surface area contributed by atoms with Crippen LogP contribution in [0.5, 0.6) is 0 Å². The minimum absolute atomic E-state index is 0.125. The number of carbonyl (C=O) groups excluding carboxylic acids is 2. The Hall–Kier alpha value is -3.36. The van der Waals surface area contributed by atoms with Gasteiger partial charge in [-0.25, -0.2) is 4.98 Å².